The lowest BCUT2D eigenvalue weighted by atomic mass is 10.6. The number of hydrogen-bond donors (Lipinski definition) is 1. The number of nitriles is 1. The molecule has 0 aromatic rings. The van der Waals surface area contributed by atoms with Gasteiger partial charge in [-0.25, -0.2) is 0 Å². The second kappa shape index (κ2) is 4.88. The molecule has 2 nitrogen and oxygen atoms in total. The summed E-state index contributed by atoms with van der Waals surface area (Å²) in [6, 6.07) is 2.00. The maximum Gasteiger partial charge on any atom is 0.0625 e. The molecule has 0 fully saturated rings. The number of nitrogens with two attached hydrogens (primary N) is 1. The van der Waals surface area contributed by atoms with Crippen molar-refractivity contribution in [3.8, 4) is 6.07 Å². The van der Waals surface area contributed by atoms with Gasteiger partial charge in [-0.3, -0.25) is 0 Å². The Morgan fingerprint density at radius 3 is 2.67 bits per heavy atom. The van der Waals surface area contributed by atoms with Crippen molar-refractivity contribution < 1.29 is 0 Å². The van der Waals surface area contributed by atoms with Crippen LogP contribution in [0, 0.1) is 11.3 Å². The maximum atomic E-state index is 7.90. The summed E-state index contributed by atoms with van der Waals surface area (Å²) in [6.45, 7) is 0. The van der Waals surface area contributed by atoms with Gasteiger partial charge in [0.05, 0.1) is 6.07 Å². The summed E-state index contributed by atoms with van der Waals surface area (Å²) in [5, 5.41) is 7.90. The molecular formula is C3H7N2P. The molecule has 0 aromatic heterocycles. The molecule has 0 rings (SSSR count). The van der Waals surface area contributed by atoms with Crippen molar-refractivity contribution in [1.82, 2.24) is 0 Å². The molecule has 0 amide bonds. The smallest absolute Gasteiger partial charge is 0.0625 e. The minimum Gasteiger partial charge on any atom is -0.312 e. The number of rotatable bonds is 2. The molecule has 0 aromatic carbocycles. The van der Waals surface area contributed by atoms with Gasteiger partial charge in [-0.1, -0.05) is 8.73 Å². The van der Waals surface area contributed by atoms with Crippen LogP contribution in [0.15, 0.2) is 0 Å². The SMILES string of the molecule is N#CCCPN. The molecule has 0 radical (unpaired) electrons. The molecule has 2 N–H and O–H groups in total. The molecule has 1 atom stereocenters. The first-order valence-electron chi connectivity index (χ1n) is 1.72. The van der Waals surface area contributed by atoms with E-state index >= 15 is 0 Å². The fraction of sp³-hybridized carbons (Fsp3) is 0.667. The van der Waals surface area contributed by atoms with Gasteiger partial charge in [-0.2, -0.15) is 5.26 Å². The van der Waals surface area contributed by atoms with E-state index < -0.39 is 0 Å². The van der Waals surface area contributed by atoms with Crippen LogP contribution in [0.25, 0.3) is 0 Å². The Morgan fingerprint density at radius 2 is 2.50 bits per heavy atom. The van der Waals surface area contributed by atoms with Gasteiger partial charge in [-0.05, 0) is 6.16 Å². The third-order valence-corrected chi connectivity index (χ3v) is 0.920. The van der Waals surface area contributed by atoms with Crippen molar-refractivity contribution >= 4 is 8.73 Å². The minimum absolute atomic E-state index is 0.442. The monoisotopic (exact) mass is 102 g/mol. The maximum absolute atomic E-state index is 7.90. The molecule has 0 saturated carbocycles. The Labute approximate surface area is 39.2 Å². The Kier molecular flexibility index (Phi) is 4.78. The summed E-state index contributed by atoms with van der Waals surface area (Å²) in [6.07, 6.45) is 1.46. The van der Waals surface area contributed by atoms with Gasteiger partial charge >= 0.3 is 0 Å². The molecule has 0 saturated heterocycles. The van der Waals surface area contributed by atoms with Crippen LogP contribution in [0.2, 0.25) is 0 Å². The highest BCUT2D eigenvalue weighted by Crippen LogP contribution is 1.95. The lowest BCUT2D eigenvalue weighted by Crippen LogP contribution is -1.76. The van der Waals surface area contributed by atoms with Crippen LogP contribution in [0.3, 0.4) is 0 Å². The molecule has 0 aliphatic heterocycles. The molecule has 34 valence electrons. The molecule has 0 heterocycles. The molecule has 3 heteroatoms. The Hall–Kier alpha value is -0.120. The Balaban J connectivity index is 2.54. The fourth-order valence-corrected chi connectivity index (χ4v) is 0.384. The molecule has 6 heavy (non-hydrogen) atoms. The van der Waals surface area contributed by atoms with E-state index in [9.17, 15) is 0 Å². The van der Waals surface area contributed by atoms with Gasteiger partial charge in [0.25, 0.3) is 0 Å². The van der Waals surface area contributed by atoms with Crippen molar-refractivity contribution in [3.63, 3.8) is 0 Å². The predicted octanol–water partition coefficient (Wildman–Crippen LogP) is 0.452. The predicted molar refractivity (Wildman–Crippen MR) is 27.6 cm³/mol. The highest BCUT2D eigenvalue weighted by molar-refractivity contribution is 7.35. The van der Waals surface area contributed by atoms with E-state index in [0.717, 1.165) is 6.16 Å². The summed E-state index contributed by atoms with van der Waals surface area (Å²) in [4.78, 5) is 0. The van der Waals surface area contributed by atoms with Crippen molar-refractivity contribution in [3.05, 3.63) is 0 Å². The molecule has 0 aliphatic carbocycles. The quantitative estimate of drug-likeness (QED) is 0.406. The largest absolute Gasteiger partial charge is 0.312 e. The topological polar surface area (TPSA) is 49.8 Å². The zero-order chi connectivity index (χ0) is 4.83. The fourth-order valence-electron chi connectivity index (χ4n) is 0.128. The van der Waals surface area contributed by atoms with Crippen molar-refractivity contribution in [1.29, 1.82) is 5.26 Å². The van der Waals surface area contributed by atoms with Gasteiger partial charge in [0.2, 0.25) is 0 Å². The van der Waals surface area contributed by atoms with E-state index in [4.69, 9.17) is 10.8 Å². The minimum atomic E-state index is 0.442. The average Bonchev–Trinajstić information content (AvgIpc) is 1.61. The van der Waals surface area contributed by atoms with E-state index in [1.807, 2.05) is 6.07 Å². The van der Waals surface area contributed by atoms with E-state index in [1.165, 1.54) is 0 Å². The molecule has 0 spiro atoms. The molecular weight excluding hydrogens is 95.0 g/mol. The zero-order valence-electron chi connectivity index (χ0n) is 3.44. The number of nitrogens with zero attached hydrogens (tertiary/aromatic N) is 1. The van der Waals surface area contributed by atoms with Crippen LogP contribution in [-0.4, -0.2) is 6.16 Å². The normalized spacial score (nSPS) is 9.33. The van der Waals surface area contributed by atoms with Crippen LogP contribution in [-0.2, 0) is 0 Å². The first-order valence-corrected chi connectivity index (χ1v) is 3.00. The average molecular weight is 102 g/mol. The van der Waals surface area contributed by atoms with Gasteiger partial charge in [0.15, 0.2) is 0 Å². The molecule has 1 unspecified atom stereocenters. The van der Waals surface area contributed by atoms with E-state index in [1.54, 1.807) is 0 Å². The van der Waals surface area contributed by atoms with Gasteiger partial charge in [-0.15, -0.1) is 0 Å². The first-order chi connectivity index (χ1) is 2.91. The Morgan fingerprint density at radius 1 is 1.83 bits per heavy atom. The van der Waals surface area contributed by atoms with E-state index in [-0.39, 0.29) is 0 Å². The first kappa shape index (κ1) is 5.88. The zero-order valence-corrected chi connectivity index (χ0v) is 4.44. The van der Waals surface area contributed by atoms with Crippen molar-refractivity contribution in [2.75, 3.05) is 6.16 Å². The van der Waals surface area contributed by atoms with Crippen LogP contribution in [0.5, 0.6) is 0 Å². The van der Waals surface area contributed by atoms with Crippen LogP contribution < -0.4 is 5.50 Å². The molecule has 0 aliphatic rings. The lowest BCUT2D eigenvalue weighted by molar-refractivity contribution is 1.23. The van der Waals surface area contributed by atoms with Gasteiger partial charge < -0.3 is 5.50 Å². The third-order valence-electron chi connectivity index (χ3n) is 0.381. The van der Waals surface area contributed by atoms with Crippen molar-refractivity contribution in [2.24, 2.45) is 5.50 Å². The van der Waals surface area contributed by atoms with Crippen LogP contribution >= 0.6 is 8.73 Å². The molecule has 0 bridgehead atoms. The summed E-state index contributed by atoms with van der Waals surface area (Å²) in [5.41, 5.74) is 5.09. The lowest BCUT2D eigenvalue weighted by Gasteiger charge is -1.78. The third kappa shape index (κ3) is 3.88. The second-order valence-electron chi connectivity index (χ2n) is 0.862. The second-order valence-corrected chi connectivity index (χ2v) is 1.77. The van der Waals surface area contributed by atoms with Gasteiger partial charge in [0, 0.05) is 6.42 Å². The Bertz CT molecular complexity index is 56.3. The summed E-state index contributed by atoms with van der Waals surface area (Å²) >= 11 is 0. The van der Waals surface area contributed by atoms with Crippen LogP contribution in [0.4, 0.5) is 0 Å². The number of hydrogen-bond acceptors (Lipinski definition) is 2. The van der Waals surface area contributed by atoms with E-state index in [0.29, 0.717) is 15.2 Å². The van der Waals surface area contributed by atoms with E-state index in [2.05, 4.69) is 0 Å². The standard InChI is InChI=1S/C3H7N2P/c4-2-1-3-6-5/h6H,1,3,5H2. The van der Waals surface area contributed by atoms with Crippen molar-refractivity contribution in [2.45, 2.75) is 6.42 Å². The van der Waals surface area contributed by atoms with Crippen LogP contribution in [0.1, 0.15) is 6.42 Å². The highest BCUT2D eigenvalue weighted by atomic mass is 31.1. The summed E-state index contributed by atoms with van der Waals surface area (Å²) < 4.78 is 0. The van der Waals surface area contributed by atoms with Gasteiger partial charge in [0.1, 0.15) is 0 Å². The summed E-state index contributed by atoms with van der Waals surface area (Å²) in [5.74, 6) is 0. The summed E-state index contributed by atoms with van der Waals surface area (Å²) in [7, 11) is 0.442. The highest BCUT2D eigenvalue weighted by Gasteiger charge is 1.74.